The molecule has 0 amide bonds. The number of hydrogen-bond donors (Lipinski definition) is 1. The lowest BCUT2D eigenvalue weighted by Gasteiger charge is -2.39. The molecule has 1 aliphatic carbocycles. The molecule has 0 atom stereocenters. The molecular weight excluding hydrogens is 270 g/mol. The first-order valence-corrected chi connectivity index (χ1v) is 7.73. The number of aryl methyl sites for hydroxylation is 1. The number of anilines is 1. The fourth-order valence-corrected chi connectivity index (χ4v) is 3.24. The Bertz CT molecular complexity index is 541. The molecular formula is C15H23N3O3. The third kappa shape index (κ3) is 2.96. The van der Waals surface area contributed by atoms with Crippen LogP contribution in [0.25, 0.3) is 0 Å². The van der Waals surface area contributed by atoms with E-state index in [2.05, 4.69) is 14.9 Å². The largest absolute Gasteiger partial charge is 0.356 e. The average molecular weight is 293 g/mol. The fourth-order valence-electron chi connectivity index (χ4n) is 3.24. The van der Waals surface area contributed by atoms with Crippen LogP contribution in [0.5, 0.6) is 0 Å². The van der Waals surface area contributed by atoms with Gasteiger partial charge in [-0.15, -0.1) is 0 Å². The molecule has 1 aromatic rings. The van der Waals surface area contributed by atoms with Crippen LogP contribution in [-0.4, -0.2) is 42.1 Å². The maximum atomic E-state index is 11.7. The van der Waals surface area contributed by atoms with Gasteiger partial charge in [0.15, 0.2) is 5.79 Å². The Morgan fingerprint density at radius 1 is 1.38 bits per heavy atom. The molecule has 1 N–H and O–H groups in total. The molecule has 6 heteroatoms. The molecule has 0 aromatic carbocycles. The lowest BCUT2D eigenvalue weighted by molar-refractivity contribution is -0.178. The third-order valence-corrected chi connectivity index (χ3v) is 4.55. The first kappa shape index (κ1) is 14.5. The minimum Gasteiger partial charge on any atom is -0.356 e. The topological polar surface area (TPSA) is 67.5 Å². The predicted molar refractivity (Wildman–Crippen MR) is 79.5 cm³/mol. The summed E-state index contributed by atoms with van der Waals surface area (Å²) in [6, 6.07) is 1.95. The average Bonchev–Trinajstić information content (AvgIpc) is 2.95. The van der Waals surface area contributed by atoms with Gasteiger partial charge in [0.2, 0.25) is 0 Å². The smallest absolute Gasteiger partial charge is 0.252 e. The number of H-pyrrole nitrogens is 1. The summed E-state index contributed by atoms with van der Waals surface area (Å²) in [6.07, 6.45) is 4.53. The van der Waals surface area contributed by atoms with Crippen molar-refractivity contribution >= 4 is 5.82 Å². The molecule has 1 spiro atoms. The number of aromatic nitrogens is 2. The molecule has 116 valence electrons. The van der Waals surface area contributed by atoms with Gasteiger partial charge in [0, 0.05) is 38.4 Å². The summed E-state index contributed by atoms with van der Waals surface area (Å²) in [5, 5.41) is 0. The summed E-state index contributed by atoms with van der Waals surface area (Å²) in [7, 11) is 2.01. The molecule has 1 saturated heterocycles. The van der Waals surface area contributed by atoms with Crippen LogP contribution >= 0.6 is 0 Å². The number of nitrogens with one attached hydrogen (secondary N) is 1. The zero-order valence-corrected chi connectivity index (χ0v) is 12.7. The normalized spacial score (nSPS) is 21.8. The first-order valence-electron chi connectivity index (χ1n) is 7.73. The molecule has 3 rings (SSSR count). The van der Waals surface area contributed by atoms with E-state index in [0.717, 1.165) is 43.7 Å². The van der Waals surface area contributed by atoms with E-state index < -0.39 is 0 Å². The molecule has 1 saturated carbocycles. The Morgan fingerprint density at radius 2 is 2.05 bits per heavy atom. The maximum Gasteiger partial charge on any atom is 0.252 e. The summed E-state index contributed by atoms with van der Waals surface area (Å²) in [4.78, 5) is 21.1. The minimum atomic E-state index is -0.340. The van der Waals surface area contributed by atoms with E-state index in [0.29, 0.717) is 19.3 Å². The van der Waals surface area contributed by atoms with Crippen molar-refractivity contribution in [3.8, 4) is 0 Å². The molecule has 2 fully saturated rings. The number of aromatic amines is 1. The van der Waals surface area contributed by atoms with Crippen molar-refractivity contribution < 1.29 is 9.47 Å². The van der Waals surface area contributed by atoms with Crippen molar-refractivity contribution in [3.05, 3.63) is 22.2 Å². The maximum absolute atomic E-state index is 11.7. The van der Waals surface area contributed by atoms with Gasteiger partial charge >= 0.3 is 0 Å². The molecule has 21 heavy (non-hydrogen) atoms. The summed E-state index contributed by atoms with van der Waals surface area (Å²) in [5.41, 5.74) is -0.0848. The summed E-state index contributed by atoms with van der Waals surface area (Å²) in [6.45, 7) is 3.40. The highest BCUT2D eigenvalue weighted by molar-refractivity contribution is 5.38. The Morgan fingerprint density at radius 3 is 2.67 bits per heavy atom. The molecule has 1 aliphatic heterocycles. The van der Waals surface area contributed by atoms with Crippen LogP contribution in [0.15, 0.2) is 10.9 Å². The van der Waals surface area contributed by atoms with Crippen LogP contribution in [0.1, 0.15) is 38.4 Å². The summed E-state index contributed by atoms with van der Waals surface area (Å²) in [5.74, 6) is 1.15. The van der Waals surface area contributed by atoms with E-state index >= 15 is 0 Å². The van der Waals surface area contributed by atoms with E-state index in [1.165, 1.54) is 0 Å². The highest BCUT2D eigenvalue weighted by Crippen LogP contribution is 2.37. The van der Waals surface area contributed by atoms with Gasteiger partial charge in [-0.05, 0) is 12.8 Å². The number of rotatable bonds is 3. The van der Waals surface area contributed by atoms with E-state index in [-0.39, 0.29) is 11.3 Å². The van der Waals surface area contributed by atoms with E-state index in [4.69, 9.17) is 9.47 Å². The predicted octanol–water partition coefficient (Wildman–Crippen LogP) is 1.45. The van der Waals surface area contributed by atoms with E-state index in [1.807, 2.05) is 14.0 Å². The van der Waals surface area contributed by atoms with E-state index in [9.17, 15) is 4.79 Å². The van der Waals surface area contributed by atoms with Gasteiger partial charge in [-0.3, -0.25) is 4.79 Å². The Hall–Kier alpha value is -1.40. The van der Waals surface area contributed by atoms with Gasteiger partial charge in [0.05, 0.1) is 13.2 Å². The van der Waals surface area contributed by atoms with Gasteiger partial charge in [-0.25, -0.2) is 4.98 Å². The molecule has 0 bridgehead atoms. The fraction of sp³-hybridized carbons (Fsp3) is 0.733. The molecule has 0 unspecified atom stereocenters. The standard InChI is InChI=1S/C15H23N3O3/c1-3-12-16-13(10-14(19)17-12)18(2)11-4-6-15(7-5-11)20-8-9-21-15/h10-11H,3-9H2,1-2H3,(H,16,17,19). The van der Waals surface area contributed by atoms with Crippen molar-refractivity contribution in [2.24, 2.45) is 0 Å². The van der Waals surface area contributed by atoms with Gasteiger partial charge in [-0.2, -0.15) is 0 Å². The number of ether oxygens (including phenoxy) is 2. The summed E-state index contributed by atoms with van der Waals surface area (Å²) < 4.78 is 11.5. The lowest BCUT2D eigenvalue weighted by atomic mass is 9.89. The van der Waals surface area contributed by atoms with Crippen LogP contribution in [0, 0.1) is 0 Å². The van der Waals surface area contributed by atoms with Crippen LogP contribution < -0.4 is 10.5 Å². The minimum absolute atomic E-state index is 0.0848. The number of nitrogens with zero attached hydrogens (tertiary/aromatic N) is 2. The molecule has 2 heterocycles. The SMILES string of the molecule is CCc1nc(N(C)C2CCC3(CC2)OCCO3)cc(=O)[nH]1. The van der Waals surface area contributed by atoms with Gasteiger partial charge < -0.3 is 19.4 Å². The molecule has 1 aromatic heterocycles. The second-order valence-corrected chi connectivity index (χ2v) is 5.85. The zero-order valence-electron chi connectivity index (χ0n) is 12.7. The Kier molecular flexibility index (Phi) is 3.99. The van der Waals surface area contributed by atoms with Crippen LogP contribution in [-0.2, 0) is 15.9 Å². The second-order valence-electron chi connectivity index (χ2n) is 5.85. The van der Waals surface area contributed by atoms with Crippen LogP contribution in [0.2, 0.25) is 0 Å². The van der Waals surface area contributed by atoms with Gasteiger partial charge in [0.1, 0.15) is 11.6 Å². The highest BCUT2D eigenvalue weighted by Gasteiger charge is 2.41. The van der Waals surface area contributed by atoms with Crippen molar-refractivity contribution in [1.82, 2.24) is 9.97 Å². The third-order valence-electron chi connectivity index (χ3n) is 4.55. The lowest BCUT2D eigenvalue weighted by Crippen LogP contribution is -2.43. The first-order chi connectivity index (χ1) is 10.1. The molecule has 6 nitrogen and oxygen atoms in total. The van der Waals surface area contributed by atoms with Crippen molar-refractivity contribution in [3.63, 3.8) is 0 Å². The van der Waals surface area contributed by atoms with Crippen molar-refractivity contribution in [2.45, 2.75) is 50.9 Å². The van der Waals surface area contributed by atoms with Gasteiger partial charge in [-0.1, -0.05) is 6.92 Å². The van der Waals surface area contributed by atoms with Crippen molar-refractivity contribution in [2.75, 3.05) is 25.2 Å². The van der Waals surface area contributed by atoms with Crippen molar-refractivity contribution in [1.29, 1.82) is 0 Å². The van der Waals surface area contributed by atoms with E-state index in [1.54, 1.807) is 6.07 Å². The summed E-state index contributed by atoms with van der Waals surface area (Å²) >= 11 is 0. The molecule has 0 radical (unpaired) electrons. The van der Waals surface area contributed by atoms with Crippen LogP contribution in [0.4, 0.5) is 5.82 Å². The second kappa shape index (κ2) is 5.77. The monoisotopic (exact) mass is 293 g/mol. The Balaban J connectivity index is 1.70. The quantitative estimate of drug-likeness (QED) is 0.913. The highest BCUT2D eigenvalue weighted by atomic mass is 16.7. The Labute approximate surface area is 124 Å². The van der Waals surface area contributed by atoms with Crippen LogP contribution in [0.3, 0.4) is 0 Å². The number of hydrogen-bond acceptors (Lipinski definition) is 5. The molecule has 2 aliphatic rings. The van der Waals surface area contributed by atoms with Gasteiger partial charge in [0.25, 0.3) is 5.56 Å². The zero-order chi connectivity index (χ0) is 14.9.